The van der Waals surface area contributed by atoms with Crippen molar-refractivity contribution in [1.29, 1.82) is 0 Å². The van der Waals surface area contributed by atoms with Crippen LogP contribution in [0, 0.1) is 12.8 Å². The van der Waals surface area contributed by atoms with Crippen molar-refractivity contribution in [2.24, 2.45) is 5.92 Å². The third-order valence-electron chi connectivity index (χ3n) is 5.70. The van der Waals surface area contributed by atoms with Crippen LogP contribution in [0.1, 0.15) is 18.9 Å². The second-order valence-corrected chi connectivity index (χ2v) is 11.3. The summed E-state index contributed by atoms with van der Waals surface area (Å²) in [6.45, 7) is 8.17. The maximum atomic E-state index is 13.3. The van der Waals surface area contributed by atoms with Gasteiger partial charge in [0.2, 0.25) is 15.9 Å². The smallest absolute Gasteiger partial charge is 0.241 e. The first-order valence-electron chi connectivity index (χ1n) is 10.7. The van der Waals surface area contributed by atoms with Crippen molar-refractivity contribution < 1.29 is 13.2 Å². The number of amides is 1. The predicted molar refractivity (Wildman–Crippen MR) is 129 cm³/mol. The molecule has 4 rings (SSSR count). The lowest BCUT2D eigenvalue weighted by Crippen LogP contribution is -2.56. The third-order valence-corrected chi connectivity index (χ3v) is 8.08. The molecule has 0 radical (unpaired) electrons. The Morgan fingerprint density at radius 1 is 1.06 bits per heavy atom. The average molecular weight is 473 g/mol. The lowest BCUT2D eigenvalue weighted by atomic mass is 10.0. The number of nitrogens with one attached hydrogen (secondary N) is 1. The monoisotopic (exact) mass is 472 g/mol. The second kappa shape index (κ2) is 9.17. The predicted octanol–water partition coefficient (Wildman–Crippen LogP) is 3.26. The van der Waals surface area contributed by atoms with E-state index in [1.54, 1.807) is 23.1 Å². The number of aromatic nitrogens is 1. The van der Waals surface area contributed by atoms with E-state index in [-0.39, 0.29) is 16.7 Å². The molecule has 7 nitrogen and oxygen atoms in total. The standard InChI is InChI=1S/C23H28N4O3S2/c1-16(2)22(23(28)27-13-11-26(12-14-27)18-7-5-4-6-8-18)25-32(29,30)19-9-10-20-21(15-19)31-17(3)24-20/h4-10,15-16,22,25H,11-14H2,1-3H3/t22-/m0/s1. The van der Waals surface area contributed by atoms with E-state index in [1.165, 1.54) is 11.3 Å². The lowest BCUT2D eigenvalue weighted by molar-refractivity contribution is -0.134. The van der Waals surface area contributed by atoms with Gasteiger partial charge < -0.3 is 9.80 Å². The SMILES string of the molecule is Cc1nc2ccc(S(=O)(=O)N[C@H](C(=O)N3CCN(c4ccccc4)CC3)C(C)C)cc2s1. The van der Waals surface area contributed by atoms with Crippen LogP contribution in [0.3, 0.4) is 0 Å². The molecule has 170 valence electrons. The Morgan fingerprint density at radius 2 is 1.75 bits per heavy atom. The van der Waals surface area contributed by atoms with Crippen molar-refractivity contribution in [1.82, 2.24) is 14.6 Å². The van der Waals surface area contributed by atoms with Crippen LogP contribution in [0.25, 0.3) is 10.2 Å². The molecule has 0 aliphatic carbocycles. The second-order valence-electron chi connectivity index (χ2n) is 8.35. The Bertz CT molecular complexity index is 1200. The Labute approximate surface area is 193 Å². The molecule has 2 heterocycles. The normalized spacial score (nSPS) is 16.0. The Hall–Kier alpha value is -2.49. The highest BCUT2D eigenvalue weighted by Crippen LogP contribution is 2.25. The molecule has 32 heavy (non-hydrogen) atoms. The number of para-hydroxylation sites is 1. The number of benzene rings is 2. The van der Waals surface area contributed by atoms with E-state index in [4.69, 9.17) is 0 Å². The van der Waals surface area contributed by atoms with Crippen LogP contribution in [0.15, 0.2) is 53.4 Å². The molecule has 9 heteroatoms. The quantitative estimate of drug-likeness (QED) is 0.596. The van der Waals surface area contributed by atoms with Crippen LogP contribution in [-0.2, 0) is 14.8 Å². The number of anilines is 1. The number of sulfonamides is 1. The zero-order valence-electron chi connectivity index (χ0n) is 18.5. The van der Waals surface area contributed by atoms with Crippen molar-refractivity contribution in [3.8, 4) is 0 Å². The van der Waals surface area contributed by atoms with Crippen molar-refractivity contribution in [3.05, 3.63) is 53.5 Å². The summed E-state index contributed by atoms with van der Waals surface area (Å²) in [6.07, 6.45) is 0. The molecule has 3 aromatic rings. The summed E-state index contributed by atoms with van der Waals surface area (Å²) in [7, 11) is -3.85. The van der Waals surface area contributed by atoms with Crippen molar-refractivity contribution in [3.63, 3.8) is 0 Å². The van der Waals surface area contributed by atoms with E-state index in [0.717, 1.165) is 20.9 Å². The number of hydrogen-bond donors (Lipinski definition) is 1. The zero-order chi connectivity index (χ0) is 22.9. The van der Waals surface area contributed by atoms with Gasteiger partial charge in [-0.3, -0.25) is 4.79 Å². The first kappa shape index (κ1) is 22.7. The van der Waals surface area contributed by atoms with Crippen LogP contribution < -0.4 is 9.62 Å². The summed E-state index contributed by atoms with van der Waals surface area (Å²) in [6, 6.07) is 14.2. The molecular weight excluding hydrogens is 444 g/mol. The fourth-order valence-corrected chi connectivity index (χ4v) is 6.22. The summed E-state index contributed by atoms with van der Waals surface area (Å²) >= 11 is 1.45. The summed E-state index contributed by atoms with van der Waals surface area (Å²) in [5.74, 6) is -0.357. The van der Waals surface area contributed by atoms with Crippen LogP contribution in [0.5, 0.6) is 0 Å². The molecule has 1 aliphatic heterocycles. The number of fused-ring (bicyclic) bond motifs is 1. The van der Waals surface area contributed by atoms with E-state index in [2.05, 4.69) is 26.7 Å². The lowest BCUT2D eigenvalue weighted by Gasteiger charge is -2.38. The van der Waals surface area contributed by atoms with Crippen LogP contribution in [0.2, 0.25) is 0 Å². The van der Waals surface area contributed by atoms with Gasteiger partial charge in [0.25, 0.3) is 0 Å². The van der Waals surface area contributed by atoms with Gasteiger partial charge in [-0.1, -0.05) is 32.0 Å². The molecule has 1 atom stereocenters. The number of piperazine rings is 1. The largest absolute Gasteiger partial charge is 0.368 e. The highest BCUT2D eigenvalue weighted by molar-refractivity contribution is 7.89. The molecule has 1 amide bonds. The topological polar surface area (TPSA) is 82.6 Å². The summed E-state index contributed by atoms with van der Waals surface area (Å²) in [4.78, 5) is 21.8. The summed E-state index contributed by atoms with van der Waals surface area (Å²) < 4.78 is 29.7. The number of thiazole rings is 1. The van der Waals surface area contributed by atoms with Crippen LogP contribution in [-0.4, -0.2) is 56.4 Å². The zero-order valence-corrected chi connectivity index (χ0v) is 20.1. The van der Waals surface area contributed by atoms with Crippen LogP contribution in [0.4, 0.5) is 5.69 Å². The van der Waals surface area contributed by atoms with E-state index in [1.807, 2.05) is 39.0 Å². The van der Waals surface area contributed by atoms with Crippen molar-refractivity contribution >= 4 is 43.2 Å². The number of nitrogens with zero attached hydrogens (tertiary/aromatic N) is 3. The van der Waals surface area contributed by atoms with E-state index >= 15 is 0 Å². The number of carbonyl (C=O) groups excluding carboxylic acids is 1. The van der Waals surface area contributed by atoms with Gasteiger partial charge in [0.15, 0.2) is 0 Å². The first-order chi connectivity index (χ1) is 15.2. The summed E-state index contributed by atoms with van der Waals surface area (Å²) in [5, 5.41) is 0.882. The molecule has 1 fully saturated rings. The van der Waals surface area contributed by atoms with Gasteiger partial charge in [-0.2, -0.15) is 4.72 Å². The van der Waals surface area contributed by atoms with Gasteiger partial charge in [0.1, 0.15) is 6.04 Å². The molecule has 1 aromatic heterocycles. The van der Waals surface area contributed by atoms with Crippen LogP contribution >= 0.6 is 11.3 Å². The molecule has 2 aromatic carbocycles. The van der Waals surface area contributed by atoms with Crippen molar-refractivity contribution in [2.45, 2.75) is 31.7 Å². The van der Waals surface area contributed by atoms with Gasteiger partial charge in [0, 0.05) is 31.9 Å². The molecule has 0 bridgehead atoms. The fourth-order valence-electron chi connectivity index (χ4n) is 3.91. The van der Waals surface area contributed by atoms with E-state index < -0.39 is 16.1 Å². The number of aryl methyl sites for hydroxylation is 1. The molecule has 1 aliphatic rings. The minimum absolute atomic E-state index is 0.154. The number of hydrogen-bond acceptors (Lipinski definition) is 6. The molecule has 1 saturated heterocycles. The van der Waals surface area contributed by atoms with Crippen molar-refractivity contribution in [2.75, 3.05) is 31.1 Å². The Balaban J connectivity index is 1.47. The molecule has 0 unspecified atom stereocenters. The molecule has 1 N–H and O–H groups in total. The van der Waals surface area contributed by atoms with Gasteiger partial charge in [-0.05, 0) is 43.2 Å². The minimum atomic E-state index is -3.85. The van der Waals surface area contributed by atoms with Gasteiger partial charge in [0.05, 0.1) is 20.1 Å². The van der Waals surface area contributed by atoms with E-state index in [0.29, 0.717) is 26.2 Å². The maximum absolute atomic E-state index is 13.3. The maximum Gasteiger partial charge on any atom is 0.241 e. The number of carbonyl (C=O) groups is 1. The Morgan fingerprint density at radius 3 is 2.41 bits per heavy atom. The highest BCUT2D eigenvalue weighted by atomic mass is 32.2. The highest BCUT2D eigenvalue weighted by Gasteiger charge is 2.33. The third kappa shape index (κ3) is 4.79. The minimum Gasteiger partial charge on any atom is -0.368 e. The first-order valence-corrected chi connectivity index (χ1v) is 13.0. The Kier molecular flexibility index (Phi) is 6.50. The molecular formula is C23H28N4O3S2. The fraction of sp³-hybridized carbons (Fsp3) is 0.391. The van der Waals surface area contributed by atoms with Gasteiger partial charge >= 0.3 is 0 Å². The van der Waals surface area contributed by atoms with E-state index in [9.17, 15) is 13.2 Å². The number of rotatable bonds is 6. The van der Waals surface area contributed by atoms with Gasteiger partial charge in [-0.15, -0.1) is 11.3 Å². The molecule has 0 saturated carbocycles. The average Bonchev–Trinajstić information content (AvgIpc) is 3.17. The molecule has 0 spiro atoms. The van der Waals surface area contributed by atoms with Gasteiger partial charge in [-0.25, -0.2) is 13.4 Å². The summed E-state index contributed by atoms with van der Waals surface area (Å²) in [5.41, 5.74) is 1.91.